The van der Waals surface area contributed by atoms with E-state index < -0.39 is 0 Å². The topological polar surface area (TPSA) is 50.9 Å². The first-order chi connectivity index (χ1) is 7.40. The van der Waals surface area contributed by atoms with Crippen molar-refractivity contribution >= 4 is 28.9 Å². The lowest BCUT2D eigenvalue weighted by molar-refractivity contribution is 1.18. The Balaban J connectivity index is 2.04. The lowest BCUT2D eigenvalue weighted by Gasteiger charge is -2.05. The number of thioether (sulfide) groups is 1. The molecule has 0 aromatic carbocycles. The van der Waals surface area contributed by atoms with E-state index >= 15 is 0 Å². The van der Waals surface area contributed by atoms with Crippen LogP contribution in [0.5, 0.6) is 0 Å². The fraction of sp³-hybridized carbons (Fsp3) is 0.100. The van der Waals surface area contributed by atoms with Crippen molar-refractivity contribution in [1.29, 1.82) is 0 Å². The van der Waals surface area contributed by atoms with Crippen LogP contribution in [-0.4, -0.2) is 4.98 Å². The monoisotopic (exact) mass is 237 g/mol. The number of hydrogen-bond acceptors (Lipinski definition) is 5. The lowest BCUT2D eigenvalue weighted by atomic mass is 10.3. The number of nitrogen functional groups attached to an aromatic ring is 1. The van der Waals surface area contributed by atoms with Crippen LogP contribution in [0.2, 0.25) is 0 Å². The second-order valence-corrected chi connectivity index (χ2v) is 5.10. The summed E-state index contributed by atoms with van der Waals surface area (Å²) in [6.07, 6.45) is 1.73. The van der Waals surface area contributed by atoms with E-state index in [1.807, 2.05) is 12.1 Å². The van der Waals surface area contributed by atoms with Crippen LogP contribution in [0.3, 0.4) is 0 Å². The Morgan fingerprint density at radius 1 is 1.40 bits per heavy atom. The summed E-state index contributed by atoms with van der Waals surface area (Å²) in [5.74, 6) is 7.01. The summed E-state index contributed by atoms with van der Waals surface area (Å²) in [6.45, 7) is 0. The Morgan fingerprint density at radius 3 is 3.07 bits per heavy atom. The highest BCUT2D eigenvalue weighted by molar-refractivity contribution is 8.00. The zero-order chi connectivity index (χ0) is 10.5. The maximum Gasteiger partial charge on any atom is 0.143 e. The van der Waals surface area contributed by atoms with Crippen molar-refractivity contribution in [2.24, 2.45) is 5.84 Å². The van der Waals surface area contributed by atoms with Gasteiger partial charge in [0.05, 0.1) is 4.21 Å². The summed E-state index contributed by atoms with van der Waals surface area (Å²) in [5, 5.41) is 2.08. The number of pyridine rings is 1. The molecule has 0 atom stereocenters. The molecule has 0 saturated heterocycles. The minimum absolute atomic E-state index is 0.751. The second-order valence-electron chi connectivity index (χ2n) is 2.88. The van der Waals surface area contributed by atoms with Gasteiger partial charge < -0.3 is 5.43 Å². The molecule has 3 N–H and O–H groups in total. The SMILES string of the molecule is NNc1ncccc1CSc1cccs1. The summed E-state index contributed by atoms with van der Waals surface area (Å²) in [6, 6.07) is 8.12. The number of nitrogens with two attached hydrogens (primary N) is 1. The van der Waals surface area contributed by atoms with Crippen LogP contribution in [0.15, 0.2) is 40.1 Å². The van der Waals surface area contributed by atoms with Crippen molar-refractivity contribution < 1.29 is 0 Å². The van der Waals surface area contributed by atoms with Gasteiger partial charge in [0.2, 0.25) is 0 Å². The van der Waals surface area contributed by atoms with Crippen LogP contribution in [0, 0.1) is 0 Å². The first-order valence-corrected chi connectivity index (χ1v) is 6.33. The van der Waals surface area contributed by atoms with E-state index in [0.717, 1.165) is 17.1 Å². The van der Waals surface area contributed by atoms with Crippen LogP contribution in [0.1, 0.15) is 5.56 Å². The highest BCUT2D eigenvalue weighted by Crippen LogP contribution is 2.28. The maximum atomic E-state index is 5.38. The minimum atomic E-state index is 0.751. The fourth-order valence-corrected chi connectivity index (χ4v) is 2.95. The average Bonchev–Trinajstić information content (AvgIpc) is 2.79. The highest BCUT2D eigenvalue weighted by Gasteiger charge is 2.02. The molecule has 2 aromatic rings. The molecular weight excluding hydrogens is 226 g/mol. The minimum Gasteiger partial charge on any atom is -0.308 e. The quantitative estimate of drug-likeness (QED) is 0.488. The molecule has 0 bridgehead atoms. The molecule has 0 amide bonds. The van der Waals surface area contributed by atoms with Crippen molar-refractivity contribution in [2.45, 2.75) is 9.96 Å². The van der Waals surface area contributed by atoms with Crippen LogP contribution >= 0.6 is 23.1 Å². The molecule has 2 rings (SSSR count). The molecule has 5 heteroatoms. The standard InChI is InChI=1S/C10H11N3S2/c11-13-10-8(3-1-5-12-10)7-15-9-4-2-6-14-9/h1-6H,7,11H2,(H,12,13). The van der Waals surface area contributed by atoms with Gasteiger partial charge in [0.25, 0.3) is 0 Å². The van der Waals surface area contributed by atoms with Crippen molar-refractivity contribution in [3.8, 4) is 0 Å². The average molecular weight is 237 g/mol. The van der Waals surface area contributed by atoms with Crippen LogP contribution in [0.4, 0.5) is 5.82 Å². The van der Waals surface area contributed by atoms with Gasteiger partial charge in [-0.25, -0.2) is 10.8 Å². The Hall–Kier alpha value is -1.04. The maximum absolute atomic E-state index is 5.38. The molecule has 0 unspecified atom stereocenters. The van der Waals surface area contributed by atoms with Gasteiger partial charge in [0.1, 0.15) is 5.82 Å². The van der Waals surface area contributed by atoms with Gasteiger partial charge in [-0.15, -0.1) is 23.1 Å². The lowest BCUT2D eigenvalue weighted by Crippen LogP contribution is -2.10. The van der Waals surface area contributed by atoms with Crippen LogP contribution in [0.25, 0.3) is 0 Å². The zero-order valence-electron chi connectivity index (χ0n) is 8.01. The Morgan fingerprint density at radius 2 is 2.33 bits per heavy atom. The van der Waals surface area contributed by atoms with Crippen molar-refractivity contribution in [1.82, 2.24) is 4.98 Å². The number of rotatable bonds is 4. The van der Waals surface area contributed by atoms with Crippen molar-refractivity contribution in [2.75, 3.05) is 5.43 Å². The largest absolute Gasteiger partial charge is 0.308 e. The molecule has 15 heavy (non-hydrogen) atoms. The molecule has 0 saturated carbocycles. The number of hydrazine groups is 1. The van der Waals surface area contributed by atoms with E-state index in [2.05, 4.69) is 27.9 Å². The number of thiophene rings is 1. The van der Waals surface area contributed by atoms with Crippen LogP contribution < -0.4 is 11.3 Å². The normalized spacial score (nSPS) is 10.2. The molecule has 0 fully saturated rings. The summed E-state index contributed by atoms with van der Waals surface area (Å²) < 4.78 is 1.31. The van der Waals surface area contributed by atoms with E-state index in [-0.39, 0.29) is 0 Å². The zero-order valence-corrected chi connectivity index (χ0v) is 9.65. The second kappa shape index (κ2) is 5.16. The Labute approximate surface area is 96.7 Å². The van der Waals surface area contributed by atoms with E-state index in [4.69, 9.17) is 5.84 Å². The number of anilines is 1. The predicted octanol–water partition coefficient (Wildman–Crippen LogP) is 2.72. The van der Waals surface area contributed by atoms with Gasteiger partial charge in [0.15, 0.2) is 0 Å². The molecular formula is C10H11N3S2. The smallest absolute Gasteiger partial charge is 0.143 e. The summed E-state index contributed by atoms with van der Waals surface area (Å²) in [4.78, 5) is 4.15. The molecule has 0 radical (unpaired) electrons. The third-order valence-corrected chi connectivity index (χ3v) is 4.07. The van der Waals surface area contributed by atoms with Crippen LogP contribution in [-0.2, 0) is 5.75 Å². The van der Waals surface area contributed by atoms with Crippen molar-refractivity contribution in [3.05, 3.63) is 41.4 Å². The molecule has 78 valence electrons. The van der Waals surface area contributed by atoms with E-state index in [0.29, 0.717) is 0 Å². The van der Waals surface area contributed by atoms with Crippen molar-refractivity contribution in [3.63, 3.8) is 0 Å². The highest BCUT2D eigenvalue weighted by atomic mass is 32.2. The summed E-state index contributed by atoms with van der Waals surface area (Å²) in [7, 11) is 0. The molecule has 0 aliphatic heterocycles. The molecule has 0 aliphatic rings. The first-order valence-electron chi connectivity index (χ1n) is 4.47. The molecule has 0 aliphatic carbocycles. The van der Waals surface area contributed by atoms with Gasteiger partial charge in [-0.2, -0.15) is 0 Å². The first kappa shape index (κ1) is 10.5. The number of nitrogens with zero attached hydrogens (tertiary/aromatic N) is 1. The van der Waals surface area contributed by atoms with Gasteiger partial charge in [-0.05, 0) is 17.5 Å². The third kappa shape index (κ3) is 2.71. The van der Waals surface area contributed by atoms with E-state index in [1.54, 1.807) is 29.3 Å². The predicted molar refractivity (Wildman–Crippen MR) is 65.9 cm³/mol. The molecule has 3 nitrogen and oxygen atoms in total. The third-order valence-electron chi connectivity index (χ3n) is 1.89. The number of nitrogens with one attached hydrogen (secondary N) is 1. The molecule has 2 heterocycles. The van der Waals surface area contributed by atoms with Gasteiger partial charge in [-0.3, -0.25) is 0 Å². The fourth-order valence-electron chi connectivity index (χ4n) is 1.18. The number of aromatic nitrogens is 1. The molecule has 0 spiro atoms. The Bertz CT molecular complexity index is 414. The molecule has 2 aromatic heterocycles. The van der Waals surface area contributed by atoms with Gasteiger partial charge >= 0.3 is 0 Å². The summed E-state index contributed by atoms with van der Waals surface area (Å²) in [5.41, 5.74) is 3.73. The van der Waals surface area contributed by atoms with Gasteiger partial charge in [0, 0.05) is 17.5 Å². The van der Waals surface area contributed by atoms with E-state index in [9.17, 15) is 0 Å². The van der Waals surface area contributed by atoms with E-state index in [1.165, 1.54) is 4.21 Å². The van der Waals surface area contributed by atoms with Gasteiger partial charge in [-0.1, -0.05) is 12.1 Å². The number of hydrogen-bond donors (Lipinski definition) is 2. The Kier molecular flexibility index (Phi) is 3.60. The summed E-state index contributed by atoms with van der Waals surface area (Å²) >= 11 is 3.54.